The maximum atomic E-state index is 6.23. The number of aryl methyl sites for hydroxylation is 1. The number of pyridine rings is 2. The van der Waals surface area contributed by atoms with Crippen LogP contribution in [0.2, 0.25) is 0 Å². The van der Waals surface area contributed by atoms with Gasteiger partial charge in [-0.3, -0.25) is 9.88 Å². The average molecular weight is 365 g/mol. The van der Waals surface area contributed by atoms with Crippen molar-refractivity contribution in [3.63, 3.8) is 0 Å². The fourth-order valence-electron chi connectivity index (χ4n) is 3.65. The van der Waals surface area contributed by atoms with Gasteiger partial charge in [-0.25, -0.2) is 4.98 Å². The number of hydrogen-bond acceptors (Lipinski definition) is 5. The number of rotatable bonds is 6. The van der Waals surface area contributed by atoms with Crippen molar-refractivity contribution in [3.05, 3.63) is 59.8 Å². The molecule has 1 unspecified atom stereocenters. The van der Waals surface area contributed by atoms with Gasteiger partial charge in [0.15, 0.2) is 0 Å². The van der Waals surface area contributed by atoms with Crippen molar-refractivity contribution < 1.29 is 4.74 Å². The lowest BCUT2D eigenvalue weighted by Crippen LogP contribution is -2.25. The maximum absolute atomic E-state index is 6.23. The van der Waals surface area contributed by atoms with Crippen LogP contribution in [0.5, 0.6) is 5.75 Å². The number of likely N-dealkylation sites (tertiary alicyclic amines) is 1. The summed E-state index contributed by atoms with van der Waals surface area (Å²) >= 11 is 0. The van der Waals surface area contributed by atoms with Gasteiger partial charge in [0, 0.05) is 44.6 Å². The Labute approximate surface area is 160 Å². The quantitative estimate of drug-likeness (QED) is 0.672. The molecule has 0 radical (unpaired) electrons. The van der Waals surface area contributed by atoms with Crippen LogP contribution in [0, 0.1) is 6.92 Å². The highest BCUT2D eigenvalue weighted by atomic mass is 16.5. The number of imidazole rings is 1. The number of hydrogen-bond donors (Lipinski definition) is 0. The third kappa shape index (κ3) is 4.28. The molecule has 1 aliphatic rings. The Morgan fingerprint density at radius 1 is 1.22 bits per heavy atom. The van der Waals surface area contributed by atoms with Crippen LogP contribution in [0.3, 0.4) is 0 Å². The summed E-state index contributed by atoms with van der Waals surface area (Å²) in [4.78, 5) is 13.5. The molecule has 1 aliphatic heterocycles. The van der Waals surface area contributed by atoms with Gasteiger partial charge in [0.1, 0.15) is 17.5 Å². The summed E-state index contributed by atoms with van der Waals surface area (Å²) < 4.78 is 8.43. The zero-order valence-electron chi connectivity index (χ0n) is 16.3. The van der Waals surface area contributed by atoms with Crippen molar-refractivity contribution in [2.75, 3.05) is 27.2 Å². The Bertz CT molecular complexity index is 920. The van der Waals surface area contributed by atoms with E-state index in [-0.39, 0.29) is 6.10 Å². The summed E-state index contributed by atoms with van der Waals surface area (Å²) in [6, 6.07) is 8.18. The summed E-state index contributed by atoms with van der Waals surface area (Å²) in [7, 11) is 4.09. The minimum absolute atomic E-state index is 0.223. The fraction of sp³-hybridized carbons (Fsp3) is 0.429. The summed E-state index contributed by atoms with van der Waals surface area (Å²) in [6.45, 7) is 5.81. The van der Waals surface area contributed by atoms with Crippen molar-refractivity contribution in [2.45, 2.75) is 32.5 Å². The van der Waals surface area contributed by atoms with Crippen molar-refractivity contribution >= 4 is 5.65 Å². The van der Waals surface area contributed by atoms with Gasteiger partial charge in [0.05, 0.1) is 17.6 Å². The van der Waals surface area contributed by atoms with E-state index in [1.165, 1.54) is 11.3 Å². The first kappa shape index (κ1) is 17.9. The van der Waals surface area contributed by atoms with Crippen LogP contribution in [-0.4, -0.2) is 57.5 Å². The van der Waals surface area contributed by atoms with E-state index in [1.807, 2.05) is 32.6 Å². The Kier molecular flexibility index (Phi) is 5.09. The number of nitrogens with zero attached hydrogens (tertiary/aromatic N) is 5. The highest BCUT2D eigenvalue weighted by molar-refractivity contribution is 5.41. The molecule has 3 aromatic heterocycles. The molecule has 0 bridgehead atoms. The predicted octanol–water partition coefficient (Wildman–Crippen LogP) is 2.75. The monoisotopic (exact) mass is 365 g/mol. The first-order valence-corrected chi connectivity index (χ1v) is 9.48. The van der Waals surface area contributed by atoms with E-state index in [9.17, 15) is 0 Å². The van der Waals surface area contributed by atoms with Crippen molar-refractivity contribution in [1.29, 1.82) is 0 Å². The number of aromatic nitrogens is 3. The molecular formula is C21H27N5O. The standard InChI is InChI=1S/C21H27N5O/c1-16-4-5-21-23-11-18(26(21)12-16)14-25-9-7-20(15-25)27-19-6-8-22-17(10-19)13-24(2)3/h4-6,8,10-12,20H,7,9,13-15H2,1-3H3. The summed E-state index contributed by atoms with van der Waals surface area (Å²) in [5.41, 5.74) is 4.52. The SMILES string of the molecule is Cc1ccc2ncc(CN3CCC(Oc4ccnc(CN(C)C)c4)C3)n2c1. The summed E-state index contributed by atoms with van der Waals surface area (Å²) in [6.07, 6.45) is 7.24. The van der Waals surface area contributed by atoms with E-state index in [0.717, 1.165) is 49.7 Å². The van der Waals surface area contributed by atoms with Crippen molar-refractivity contribution in [2.24, 2.45) is 0 Å². The molecule has 6 heteroatoms. The molecule has 0 N–H and O–H groups in total. The molecule has 27 heavy (non-hydrogen) atoms. The van der Waals surface area contributed by atoms with Gasteiger partial charge in [-0.05, 0) is 45.1 Å². The molecule has 3 aromatic rings. The Morgan fingerprint density at radius 3 is 2.96 bits per heavy atom. The van der Waals surface area contributed by atoms with E-state index in [2.05, 4.69) is 55.5 Å². The first-order chi connectivity index (χ1) is 13.1. The molecule has 1 fully saturated rings. The van der Waals surface area contributed by atoms with Crippen LogP contribution < -0.4 is 4.74 Å². The van der Waals surface area contributed by atoms with Gasteiger partial charge in [0.2, 0.25) is 0 Å². The molecule has 0 saturated carbocycles. The smallest absolute Gasteiger partial charge is 0.136 e. The molecule has 1 saturated heterocycles. The van der Waals surface area contributed by atoms with Crippen LogP contribution in [0.25, 0.3) is 5.65 Å². The van der Waals surface area contributed by atoms with Gasteiger partial charge in [-0.1, -0.05) is 6.07 Å². The van der Waals surface area contributed by atoms with Crippen LogP contribution in [0.1, 0.15) is 23.4 Å². The first-order valence-electron chi connectivity index (χ1n) is 9.48. The fourth-order valence-corrected chi connectivity index (χ4v) is 3.65. The molecular weight excluding hydrogens is 338 g/mol. The minimum Gasteiger partial charge on any atom is -0.489 e. The zero-order chi connectivity index (χ0) is 18.8. The van der Waals surface area contributed by atoms with Crippen LogP contribution in [0.4, 0.5) is 0 Å². The third-order valence-electron chi connectivity index (χ3n) is 4.91. The van der Waals surface area contributed by atoms with E-state index in [1.54, 1.807) is 0 Å². The highest BCUT2D eigenvalue weighted by Crippen LogP contribution is 2.21. The van der Waals surface area contributed by atoms with Crippen LogP contribution in [-0.2, 0) is 13.1 Å². The highest BCUT2D eigenvalue weighted by Gasteiger charge is 2.25. The van der Waals surface area contributed by atoms with Crippen molar-refractivity contribution in [1.82, 2.24) is 24.2 Å². The van der Waals surface area contributed by atoms with E-state index in [4.69, 9.17) is 4.74 Å². The lowest BCUT2D eigenvalue weighted by atomic mass is 10.3. The molecule has 4 rings (SSSR count). The molecule has 142 valence electrons. The Balaban J connectivity index is 1.38. The second-order valence-corrected chi connectivity index (χ2v) is 7.67. The average Bonchev–Trinajstić information content (AvgIpc) is 3.22. The van der Waals surface area contributed by atoms with Crippen LogP contribution in [0.15, 0.2) is 42.9 Å². The number of fused-ring (bicyclic) bond motifs is 1. The predicted molar refractivity (Wildman–Crippen MR) is 106 cm³/mol. The van der Waals surface area contributed by atoms with Gasteiger partial charge in [-0.2, -0.15) is 0 Å². The molecule has 0 aliphatic carbocycles. The largest absolute Gasteiger partial charge is 0.489 e. The summed E-state index contributed by atoms with van der Waals surface area (Å²) in [5.74, 6) is 0.916. The Morgan fingerprint density at radius 2 is 2.11 bits per heavy atom. The van der Waals surface area contributed by atoms with Gasteiger partial charge >= 0.3 is 0 Å². The third-order valence-corrected chi connectivity index (χ3v) is 4.91. The lowest BCUT2D eigenvalue weighted by Gasteiger charge is -2.17. The number of ether oxygens (including phenoxy) is 1. The molecule has 6 nitrogen and oxygen atoms in total. The van der Waals surface area contributed by atoms with Gasteiger partial charge in [0.25, 0.3) is 0 Å². The second-order valence-electron chi connectivity index (χ2n) is 7.67. The summed E-state index contributed by atoms with van der Waals surface area (Å²) in [5, 5.41) is 0. The lowest BCUT2D eigenvalue weighted by molar-refractivity contribution is 0.197. The molecule has 0 spiro atoms. The molecule has 4 heterocycles. The maximum Gasteiger partial charge on any atom is 0.136 e. The minimum atomic E-state index is 0.223. The zero-order valence-corrected chi connectivity index (χ0v) is 16.3. The van der Waals surface area contributed by atoms with E-state index >= 15 is 0 Å². The second kappa shape index (κ2) is 7.66. The topological polar surface area (TPSA) is 45.9 Å². The Hall–Kier alpha value is -2.44. The van der Waals surface area contributed by atoms with Crippen LogP contribution >= 0.6 is 0 Å². The van der Waals surface area contributed by atoms with E-state index in [0.29, 0.717) is 0 Å². The normalized spacial score (nSPS) is 17.9. The van der Waals surface area contributed by atoms with Crippen molar-refractivity contribution in [3.8, 4) is 5.75 Å². The van der Waals surface area contributed by atoms with E-state index < -0.39 is 0 Å². The van der Waals surface area contributed by atoms with Gasteiger partial charge in [-0.15, -0.1) is 0 Å². The van der Waals surface area contributed by atoms with Gasteiger partial charge < -0.3 is 14.0 Å². The molecule has 0 aromatic carbocycles. The molecule has 1 atom stereocenters. The molecule has 0 amide bonds.